The minimum absolute atomic E-state index is 0.235. The van der Waals surface area contributed by atoms with Crippen molar-refractivity contribution in [3.05, 3.63) is 71.9 Å². The predicted octanol–water partition coefficient (Wildman–Crippen LogP) is 4.01. The topological polar surface area (TPSA) is 107 Å². The third-order valence-corrected chi connectivity index (χ3v) is 8.23. The highest BCUT2D eigenvalue weighted by Crippen LogP contribution is 2.29. The molecule has 4 aromatic rings. The van der Waals surface area contributed by atoms with Gasteiger partial charge in [-0.2, -0.15) is 4.31 Å². The molecule has 9 nitrogen and oxygen atoms in total. The molecule has 2 aromatic carbocycles. The number of thioether (sulfide) groups is 1. The van der Waals surface area contributed by atoms with Gasteiger partial charge in [0.15, 0.2) is 11.0 Å². The molecule has 34 heavy (non-hydrogen) atoms. The van der Waals surface area contributed by atoms with Crippen LogP contribution < -0.4 is 0 Å². The SMILES string of the molecule is CCN(CC)S(=O)(=O)c1cccc(-c2nnc(SCc3nnc(C)o3)n2Cc2ccccc2)c1. The Kier molecular flexibility index (Phi) is 7.44. The van der Waals surface area contributed by atoms with Crippen LogP contribution in [0.3, 0.4) is 0 Å². The maximum Gasteiger partial charge on any atom is 0.243 e. The smallest absolute Gasteiger partial charge is 0.243 e. The number of hydrogen-bond acceptors (Lipinski definition) is 8. The number of sulfonamides is 1. The van der Waals surface area contributed by atoms with E-state index in [1.54, 1.807) is 25.1 Å². The van der Waals surface area contributed by atoms with Gasteiger partial charge in [0.05, 0.1) is 17.2 Å². The Balaban J connectivity index is 1.72. The minimum atomic E-state index is -3.60. The fourth-order valence-electron chi connectivity index (χ4n) is 3.55. The fourth-order valence-corrected chi connectivity index (χ4v) is 5.83. The molecule has 0 amide bonds. The molecular weight excluding hydrogens is 472 g/mol. The average molecular weight is 499 g/mol. The molecular formula is C23H26N6O3S2. The maximum atomic E-state index is 13.1. The number of rotatable bonds is 10. The number of aromatic nitrogens is 5. The molecule has 2 heterocycles. The average Bonchev–Trinajstić information content (AvgIpc) is 3.44. The number of aryl methyl sites for hydroxylation is 1. The van der Waals surface area contributed by atoms with Gasteiger partial charge in [-0.25, -0.2) is 8.42 Å². The zero-order chi connectivity index (χ0) is 24.1. The van der Waals surface area contributed by atoms with Crippen LogP contribution in [0.5, 0.6) is 0 Å². The molecule has 0 aliphatic heterocycles. The lowest BCUT2D eigenvalue weighted by Gasteiger charge is -2.19. The molecule has 4 rings (SSSR count). The summed E-state index contributed by atoms with van der Waals surface area (Å²) in [6, 6.07) is 16.8. The monoisotopic (exact) mass is 498 g/mol. The largest absolute Gasteiger partial charge is 0.425 e. The predicted molar refractivity (Wildman–Crippen MR) is 130 cm³/mol. The van der Waals surface area contributed by atoms with Crippen LogP contribution in [-0.2, 0) is 22.3 Å². The van der Waals surface area contributed by atoms with Crippen LogP contribution in [0.15, 0.2) is 69.1 Å². The first-order valence-corrected chi connectivity index (χ1v) is 13.3. The van der Waals surface area contributed by atoms with Gasteiger partial charge >= 0.3 is 0 Å². The molecule has 11 heteroatoms. The molecule has 0 fully saturated rings. The van der Waals surface area contributed by atoms with E-state index in [2.05, 4.69) is 20.4 Å². The van der Waals surface area contributed by atoms with Gasteiger partial charge in [-0.1, -0.05) is 68.1 Å². The quantitative estimate of drug-likeness (QED) is 0.302. The lowest BCUT2D eigenvalue weighted by Crippen LogP contribution is -2.30. The summed E-state index contributed by atoms with van der Waals surface area (Å²) < 4.78 is 35.0. The molecule has 2 aromatic heterocycles. The van der Waals surface area contributed by atoms with Gasteiger partial charge in [-0.3, -0.25) is 4.57 Å². The first kappa shape index (κ1) is 24.1. The van der Waals surface area contributed by atoms with Crippen molar-refractivity contribution in [2.45, 2.75) is 43.1 Å². The van der Waals surface area contributed by atoms with Gasteiger partial charge in [0.1, 0.15) is 0 Å². The van der Waals surface area contributed by atoms with Crippen molar-refractivity contribution in [3.63, 3.8) is 0 Å². The summed E-state index contributed by atoms with van der Waals surface area (Å²) in [6.07, 6.45) is 0. The molecule has 0 aliphatic rings. The minimum Gasteiger partial charge on any atom is -0.425 e. The zero-order valence-corrected chi connectivity index (χ0v) is 20.9. The molecule has 0 spiro atoms. The zero-order valence-electron chi connectivity index (χ0n) is 19.2. The van der Waals surface area contributed by atoms with Crippen molar-refractivity contribution in [2.24, 2.45) is 0 Å². The molecule has 0 radical (unpaired) electrons. The van der Waals surface area contributed by atoms with Crippen molar-refractivity contribution in [3.8, 4) is 11.4 Å². The van der Waals surface area contributed by atoms with Crippen LogP contribution in [-0.4, -0.2) is 50.8 Å². The van der Waals surface area contributed by atoms with Crippen LogP contribution in [0.4, 0.5) is 0 Å². The van der Waals surface area contributed by atoms with E-state index in [0.29, 0.717) is 53.7 Å². The van der Waals surface area contributed by atoms with Crippen LogP contribution in [0.2, 0.25) is 0 Å². The molecule has 0 atom stereocenters. The van der Waals surface area contributed by atoms with E-state index in [1.165, 1.54) is 16.1 Å². The van der Waals surface area contributed by atoms with E-state index >= 15 is 0 Å². The van der Waals surface area contributed by atoms with Crippen LogP contribution >= 0.6 is 11.8 Å². The highest BCUT2D eigenvalue weighted by atomic mass is 32.2. The highest BCUT2D eigenvalue weighted by molar-refractivity contribution is 7.98. The summed E-state index contributed by atoms with van der Waals surface area (Å²) in [5, 5.41) is 17.4. The van der Waals surface area contributed by atoms with Crippen molar-refractivity contribution < 1.29 is 12.8 Å². The molecule has 178 valence electrons. The maximum absolute atomic E-state index is 13.1. The molecule has 0 unspecified atom stereocenters. The second-order valence-corrected chi connectivity index (χ2v) is 10.4. The van der Waals surface area contributed by atoms with Gasteiger partial charge in [0, 0.05) is 25.6 Å². The third kappa shape index (κ3) is 5.21. The Labute approximate surface area is 203 Å². The lowest BCUT2D eigenvalue weighted by atomic mass is 10.2. The standard InChI is InChI=1S/C23H26N6O3S2/c1-4-28(5-2)34(30,31)20-13-9-12-19(14-20)22-26-27-23(33-16-21-25-24-17(3)32-21)29(22)15-18-10-7-6-8-11-18/h6-14H,4-5,15-16H2,1-3H3. The summed E-state index contributed by atoms with van der Waals surface area (Å²) >= 11 is 1.44. The van der Waals surface area contributed by atoms with Crippen molar-refractivity contribution in [2.75, 3.05) is 13.1 Å². The van der Waals surface area contributed by atoms with E-state index in [9.17, 15) is 8.42 Å². The first-order valence-electron chi connectivity index (χ1n) is 10.9. The molecule has 0 N–H and O–H groups in total. The van der Waals surface area contributed by atoms with Gasteiger partial charge in [0.25, 0.3) is 0 Å². The second kappa shape index (κ2) is 10.5. The number of benzene rings is 2. The van der Waals surface area contributed by atoms with Gasteiger partial charge in [0.2, 0.25) is 21.8 Å². The van der Waals surface area contributed by atoms with Crippen molar-refractivity contribution >= 4 is 21.8 Å². The molecule has 0 aliphatic carbocycles. The van der Waals surface area contributed by atoms with Crippen molar-refractivity contribution in [1.82, 2.24) is 29.3 Å². The summed E-state index contributed by atoms with van der Waals surface area (Å²) in [6.45, 7) is 6.75. The Morgan fingerprint density at radius 1 is 0.971 bits per heavy atom. The van der Waals surface area contributed by atoms with Gasteiger partial charge in [-0.15, -0.1) is 20.4 Å². The molecule has 0 saturated carbocycles. The summed E-state index contributed by atoms with van der Waals surface area (Å²) in [7, 11) is -3.60. The van der Waals surface area contributed by atoms with Gasteiger partial charge < -0.3 is 4.42 Å². The Morgan fingerprint density at radius 2 is 1.74 bits per heavy atom. The van der Waals surface area contributed by atoms with E-state index in [4.69, 9.17) is 4.42 Å². The Bertz CT molecular complexity index is 1350. The van der Waals surface area contributed by atoms with Crippen LogP contribution in [0.25, 0.3) is 11.4 Å². The Morgan fingerprint density at radius 3 is 2.41 bits per heavy atom. The normalized spacial score (nSPS) is 11.9. The van der Waals surface area contributed by atoms with Gasteiger partial charge in [-0.05, 0) is 17.7 Å². The summed E-state index contributed by atoms with van der Waals surface area (Å²) in [5.41, 5.74) is 1.75. The third-order valence-electron chi connectivity index (χ3n) is 5.23. The fraction of sp³-hybridized carbons (Fsp3) is 0.304. The second-order valence-electron chi connectivity index (χ2n) is 7.50. The summed E-state index contributed by atoms with van der Waals surface area (Å²) in [4.78, 5) is 0.235. The number of hydrogen-bond donors (Lipinski definition) is 0. The molecule has 0 saturated heterocycles. The van der Waals surface area contributed by atoms with E-state index in [-0.39, 0.29) is 4.90 Å². The van der Waals surface area contributed by atoms with E-state index in [0.717, 1.165) is 5.56 Å². The lowest BCUT2D eigenvalue weighted by molar-refractivity contribution is 0.445. The van der Waals surface area contributed by atoms with Crippen LogP contribution in [0.1, 0.15) is 31.2 Å². The molecule has 0 bridgehead atoms. The highest BCUT2D eigenvalue weighted by Gasteiger charge is 2.23. The first-order chi connectivity index (χ1) is 16.4. The van der Waals surface area contributed by atoms with E-state index < -0.39 is 10.0 Å². The number of nitrogens with zero attached hydrogens (tertiary/aromatic N) is 6. The van der Waals surface area contributed by atoms with Crippen molar-refractivity contribution in [1.29, 1.82) is 0 Å². The Hall–Kier alpha value is -3.02. The van der Waals surface area contributed by atoms with Crippen LogP contribution in [0, 0.1) is 6.92 Å². The summed E-state index contributed by atoms with van der Waals surface area (Å²) in [5.74, 6) is 2.05. The van der Waals surface area contributed by atoms with E-state index in [1.807, 2.05) is 54.8 Å².